The number of hydrogen-bond acceptors (Lipinski definition) is 6. The summed E-state index contributed by atoms with van der Waals surface area (Å²) in [6.07, 6.45) is 0.869. The highest BCUT2D eigenvalue weighted by atomic mass is 79.9. The lowest BCUT2D eigenvalue weighted by atomic mass is 10.2. The summed E-state index contributed by atoms with van der Waals surface area (Å²) in [7, 11) is 0. The van der Waals surface area contributed by atoms with Crippen LogP contribution in [-0.4, -0.2) is 35.4 Å². The minimum atomic E-state index is -0.371. The maximum atomic E-state index is 13.2. The van der Waals surface area contributed by atoms with Crippen molar-refractivity contribution in [2.45, 2.75) is 12.5 Å². The number of anilines is 1. The number of ether oxygens (including phenoxy) is 1. The molecule has 3 N–H and O–H groups in total. The summed E-state index contributed by atoms with van der Waals surface area (Å²) >= 11 is 3.10. The summed E-state index contributed by atoms with van der Waals surface area (Å²) in [6, 6.07) is 4.47. The first-order valence-corrected chi connectivity index (χ1v) is 7.39. The lowest BCUT2D eigenvalue weighted by Crippen LogP contribution is -2.22. The highest BCUT2D eigenvalue weighted by molar-refractivity contribution is 9.10. The molecule has 0 aliphatic carbocycles. The second-order valence-electron chi connectivity index (χ2n) is 4.76. The van der Waals surface area contributed by atoms with Crippen LogP contribution in [0.1, 0.15) is 12.1 Å². The van der Waals surface area contributed by atoms with Gasteiger partial charge in [0.05, 0.1) is 22.8 Å². The fourth-order valence-electron chi connectivity index (χ4n) is 2.04. The maximum absolute atomic E-state index is 13.2. The first-order chi connectivity index (χ1) is 10.6. The first kappa shape index (κ1) is 14.9. The standard InChI is InChI=1S/C13H13BrFN5O2/c14-9-5-7(1-2-10(9)15)17-12(16)11-13(20-22-19-11)18-8-3-4-21-6-8/h1-2,5,8H,3-4,6H2,(H2,16,17)(H,18,20). The lowest BCUT2D eigenvalue weighted by Gasteiger charge is -2.09. The minimum absolute atomic E-state index is 0.126. The molecule has 1 fully saturated rings. The third-order valence-corrected chi connectivity index (χ3v) is 3.76. The van der Waals surface area contributed by atoms with Crippen LogP contribution < -0.4 is 11.1 Å². The Morgan fingerprint density at radius 2 is 2.32 bits per heavy atom. The van der Waals surface area contributed by atoms with Crippen LogP contribution in [0.5, 0.6) is 0 Å². The first-order valence-electron chi connectivity index (χ1n) is 6.60. The number of rotatable bonds is 4. The molecular formula is C13H13BrFN5O2. The van der Waals surface area contributed by atoms with E-state index in [0.29, 0.717) is 34.9 Å². The maximum Gasteiger partial charge on any atom is 0.202 e. The number of benzene rings is 1. The summed E-state index contributed by atoms with van der Waals surface area (Å²) in [5, 5.41) is 10.7. The molecule has 1 aliphatic rings. The summed E-state index contributed by atoms with van der Waals surface area (Å²) in [5.41, 5.74) is 6.74. The largest absolute Gasteiger partial charge is 0.382 e. The zero-order chi connectivity index (χ0) is 15.5. The number of halogens is 2. The SMILES string of the molecule is NC(=Nc1ccc(F)c(Br)c1)c1nonc1NC1CCOC1. The van der Waals surface area contributed by atoms with Gasteiger partial charge < -0.3 is 15.8 Å². The van der Waals surface area contributed by atoms with Gasteiger partial charge in [0.2, 0.25) is 5.82 Å². The Bertz CT molecular complexity index is 699. The zero-order valence-corrected chi connectivity index (χ0v) is 13.0. The molecule has 1 atom stereocenters. The Hall–Kier alpha value is -2.00. The van der Waals surface area contributed by atoms with Crippen molar-refractivity contribution in [1.82, 2.24) is 10.3 Å². The Labute approximate surface area is 133 Å². The summed E-state index contributed by atoms with van der Waals surface area (Å²) in [4.78, 5) is 4.20. The predicted octanol–water partition coefficient (Wildman–Crippen LogP) is 2.21. The molecule has 0 bridgehead atoms. The van der Waals surface area contributed by atoms with E-state index in [9.17, 15) is 4.39 Å². The topological polar surface area (TPSA) is 98.6 Å². The molecule has 22 heavy (non-hydrogen) atoms. The molecule has 3 rings (SSSR count). The zero-order valence-electron chi connectivity index (χ0n) is 11.4. The van der Waals surface area contributed by atoms with Crippen molar-refractivity contribution >= 4 is 33.3 Å². The third kappa shape index (κ3) is 3.25. The molecule has 1 unspecified atom stereocenters. The van der Waals surface area contributed by atoms with Crippen LogP contribution in [-0.2, 0) is 4.74 Å². The van der Waals surface area contributed by atoms with Crippen molar-refractivity contribution in [3.63, 3.8) is 0 Å². The van der Waals surface area contributed by atoms with Crippen molar-refractivity contribution < 1.29 is 13.8 Å². The van der Waals surface area contributed by atoms with Gasteiger partial charge in [0.15, 0.2) is 11.5 Å². The van der Waals surface area contributed by atoms with Crippen LogP contribution in [0.15, 0.2) is 32.3 Å². The molecule has 1 aromatic carbocycles. The molecule has 0 amide bonds. The van der Waals surface area contributed by atoms with Crippen LogP contribution in [0.3, 0.4) is 0 Å². The van der Waals surface area contributed by atoms with E-state index in [1.54, 1.807) is 0 Å². The monoisotopic (exact) mass is 369 g/mol. The number of nitrogens with two attached hydrogens (primary N) is 1. The quantitative estimate of drug-likeness (QED) is 0.633. The van der Waals surface area contributed by atoms with Crippen molar-refractivity contribution in [2.75, 3.05) is 18.5 Å². The van der Waals surface area contributed by atoms with Crippen molar-refractivity contribution in [3.05, 3.63) is 34.2 Å². The van der Waals surface area contributed by atoms with Gasteiger partial charge in [-0.05, 0) is 50.9 Å². The average molecular weight is 370 g/mol. The molecule has 1 aromatic heterocycles. The molecule has 0 spiro atoms. The Morgan fingerprint density at radius 1 is 1.45 bits per heavy atom. The number of hydrogen-bond donors (Lipinski definition) is 2. The van der Waals surface area contributed by atoms with Crippen LogP contribution >= 0.6 is 15.9 Å². The van der Waals surface area contributed by atoms with E-state index in [1.807, 2.05) is 0 Å². The van der Waals surface area contributed by atoms with Crippen LogP contribution in [0.2, 0.25) is 0 Å². The second-order valence-corrected chi connectivity index (χ2v) is 5.62. The molecule has 2 heterocycles. The van der Waals surface area contributed by atoms with Crippen molar-refractivity contribution in [3.8, 4) is 0 Å². The van der Waals surface area contributed by atoms with E-state index in [1.165, 1.54) is 18.2 Å². The average Bonchev–Trinajstić information content (AvgIpc) is 3.15. The minimum Gasteiger partial charge on any atom is -0.382 e. The van der Waals surface area contributed by atoms with Gasteiger partial charge in [-0.1, -0.05) is 0 Å². The molecular weight excluding hydrogens is 357 g/mol. The highest BCUT2D eigenvalue weighted by Crippen LogP contribution is 2.23. The molecule has 9 heteroatoms. The second kappa shape index (κ2) is 6.41. The number of nitrogens with one attached hydrogen (secondary N) is 1. The van der Waals surface area contributed by atoms with Gasteiger partial charge in [-0.3, -0.25) is 0 Å². The normalized spacial score (nSPS) is 18.6. The summed E-state index contributed by atoms with van der Waals surface area (Å²) in [6.45, 7) is 1.29. The van der Waals surface area contributed by atoms with Gasteiger partial charge in [-0.15, -0.1) is 0 Å². The summed E-state index contributed by atoms with van der Waals surface area (Å²) < 4.78 is 23.5. The number of amidine groups is 1. The lowest BCUT2D eigenvalue weighted by molar-refractivity contribution is 0.195. The third-order valence-electron chi connectivity index (χ3n) is 3.15. The van der Waals surface area contributed by atoms with E-state index < -0.39 is 0 Å². The molecule has 1 aliphatic heterocycles. The molecule has 1 saturated heterocycles. The van der Waals surface area contributed by atoms with Crippen LogP contribution in [0, 0.1) is 5.82 Å². The fourth-order valence-corrected chi connectivity index (χ4v) is 2.41. The predicted molar refractivity (Wildman–Crippen MR) is 81.6 cm³/mol. The number of aromatic nitrogens is 2. The van der Waals surface area contributed by atoms with E-state index in [4.69, 9.17) is 15.1 Å². The van der Waals surface area contributed by atoms with Crippen LogP contribution in [0.4, 0.5) is 15.9 Å². The van der Waals surface area contributed by atoms with Crippen molar-refractivity contribution in [2.24, 2.45) is 10.7 Å². The molecule has 0 saturated carbocycles. The Morgan fingerprint density at radius 3 is 3.05 bits per heavy atom. The fraction of sp³-hybridized carbons (Fsp3) is 0.308. The van der Waals surface area contributed by atoms with Crippen LogP contribution in [0.25, 0.3) is 0 Å². The summed E-state index contributed by atoms with van der Waals surface area (Å²) in [5.74, 6) is 0.170. The molecule has 7 nitrogen and oxygen atoms in total. The van der Waals surface area contributed by atoms with Gasteiger partial charge in [-0.25, -0.2) is 14.0 Å². The van der Waals surface area contributed by atoms with Crippen molar-refractivity contribution in [1.29, 1.82) is 0 Å². The Kier molecular flexibility index (Phi) is 4.34. The van der Waals surface area contributed by atoms with Gasteiger partial charge in [0.25, 0.3) is 0 Å². The highest BCUT2D eigenvalue weighted by Gasteiger charge is 2.21. The van der Waals surface area contributed by atoms with E-state index in [2.05, 4.69) is 36.6 Å². The van der Waals surface area contributed by atoms with Gasteiger partial charge in [-0.2, -0.15) is 0 Å². The van der Waals surface area contributed by atoms with E-state index in [0.717, 1.165) is 6.42 Å². The van der Waals surface area contributed by atoms with Gasteiger partial charge in [0, 0.05) is 6.61 Å². The van der Waals surface area contributed by atoms with Gasteiger partial charge in [0.1, 0.15) is 5.82 Å². The van der Waals surface area contributed by atoms with Gasteiger partial charge >= 0.3 is 0 Å². The molecule has 116 valence electrons. The van der Waals surface area contributed by atoms with E-state index in [-0.39, 0.29) is 17.7 Å². The smallest absolute Gasteiger partial charge is 0.202 e. The van der Waals surface area contributed by atoms with E-state index >= 15 is 0 Å². The Balaban J connectivity index is 1.82. The number of nitrogens with zero attached hydrogens (tertiary/aromatic N) is 3. The molecule has 0 radical (unpaired) electrons. The number of aliphatic imine (C=N–C) groups is 1. The molecule has 2 aromatic rings.